The molecule has 0 aliphatic rings. The Labute approximate surface area is 190 Å². The first-order valence-corrected chi connectivity index (χ1v) is 10.6. The van der Waals surface area contributed by atoms with Crippen LogP contribution >= 0.6 is 11.8 Å². The molecule has 0 unspecified atom stereocenters. The molecule has 3 rings (SSSR count). The second-order valence-electron chi connectivity index (χ2n) is 6.58. The highest BCUT2D eigenvalue weighted by atomic mass is 32.2. The van der Waals surface area contributed by atoms with Crippen LogP contribution in [0.4, 0.5) is 5.69 Å². The van der Waals surface area contributed by atoms with E-state index in [0.29, 0.717) is 52.8 Å². The van der Waals surface area contributed by atoms with Gasteiger partial charge in [0, 0.05) is 26.4 Å². The Hall–Kier alpha value is -3.25. The van der Waals surface area contributed by atoms with Crippen LogP contribution in [0.2, 0.25) is 0 Å². The normalized spacial score (nSPS) is 10.8. The number of nitrogens with zero attached hydrogens (tertiary/aromatic N) is 5. The Morgan fingerprint density at radius 1 is 1.12 bits per heavy atom. The highest BCUT2D eigenvalue weighted by Crippen LogP contribution is 2.31. The molecule has 32 heavy (non-hydrogen) atoms. The predicted molar refractivity (Wildman–Crippen MR) is 120 cm³/mol. The third-order valence-corrected chi connectivity index (χ3v) is 5.44. The van der Waals surface area contributed by atoms with Gasteiger partial charge >= 0.3 is 0 Å². The maximum Gasteiger partial charge on any atom is 0.243 e. The van der Waals surface area contributed by atoms with E-state index in [2.05, 4.69) is 20.6 Å². The average Bonchev–Trinajstić information content (AvgIpc) is 3.38. The third-order valence-electron chi connectivity index (χ3n) is 4.48. The molecule has 0 bridgehead atoms. The van der Waals surface area contributed by atoms with Crippen molar-refractivity contribution in [3.8, 4) is 28.8 Å². The van der Waals surface area contributed by atoms with E-state index < -0.39 is 0 Å². The lowest BCUT2D eigenvalue weighted by Gasteiger charge is -2.12. The van der Waals surface area contributed by atoms with Crippen molar-refractivity contribution < 1.29 is 23.7 Å². The van der Waals surface area contributed by atoms with Crippen molar-refractivity contribution in [2.24, 2.45) is 7.05 Å². The number of aromatic nitrogens is 5. The summed E-state index contributed by atoms with van der Waals surface area (Å²) >= 11 is 1.27. The quantitative estimate of drug-likeness (QED) is 0.428. The average molecular weight is 463 g/mol. The molecule has 0 saturated heterocycles. The van der Waals surface area contributed by atoms with Crippen LogP contribution in [-0.4, -0.2) is 71.3 Å². The number of ether oxygens (including phenoxy) is 4. The van der Waals surface area contributed by atoms with Crippen molar-refractivity contribution in [1.29, 1.82) is 0 Å². The summed E-state index contributed by atoms with van der Waals surface area (Å²) in [5.74, 6) is 2.09. The van der Waals surface area contributed by atoms with Crippen molar-refractivity contribution in [2.45, 2.75) is 11.7 Å². The Kier molecular flexibility index (Phi) is 7.95. The van der Waals surface area contributed by atoms with Gasteiger partial charge in [-0.25, -0.2) is 0 Å². The van der Waals surface area contributed by atoms with Crippen molar-refractivity contribution >= 4 is 23.4 Å². The van der Waals surface area contributed by atoms with E-state index in [4.69, 9.17) is 18.9 Å². The topological polar surface area (TPSA) is 115 Å². The molecule has 11 nitrogen and oxygen atoms in total. The van der Waals surface area contributed by atoms with Gasteiger partial charge in [0.25, 0.3) is 0 Å². The van der Waals surface area contributed by atoms with E-state index in [1.165, 1.54) is 11.8 Å². The molecule has 0 aliphatic carbocycles. The SMILES string of the molecule is COCCn1c(SCC(=O)Nc2cc(OC)ccc2OC)nnc1-c1cn(C)nc1OC. The van der Waals surface area contributed by atoms with Gasteiger partial charge in [-0.3, -0.25) is 14.0 Å². The number of nitrogens with one attached hydrogen (secondary N) is 1. The van der Waals surface area contributed by atoms with Crippen LogP contribution in [0, 0.1) is 0 Å². The van der Waals surface area contributed by atoms with Gasteiger partial charge in [0.1, 0.15) is 17.1 Å². The number of aryl methyl sites for hydroxylation is 1. The molecule has 0 spiro atoms. The summed E-state index contributed by atoms with van der Waals surface area (Å²) in [5, 5.41) is 16.3. The minimum absolute atomic E-state index is 0.121. The minimum Gasteiger partial charge on any atom is -0.497 e. The van der Waals surface area contributed by atoms with Crippen molar-refractivity contribution in [1.82, 2.24) is 24.5 Å². The first kappa shape index (κ1) is 23.4. The van der Waals surface area contributed by atoms with Crippen LogP contribution in [0.1, 0.15) is 0 Å². The summed E-state index contributed by atoms with van der Waals surface area (Å²) in [7, 11) is 8.07. The molecule has 0 aliphatic heterocycles. The zero-order valence-electron chi connectivity index (χ0n) is 18.6. The van der Waals surface area contributed by atoms with E-state index in [0.717, 1.165) is 0 Å². The maximum atomic E-state index is 12.6. The van der Waals surface area contributed by atoms with Gasteiger partial charge < -0.3 is 24.3 Å². The van der Waals surface area contributed by atoms with Crippen molar-refractivity contribution in [3.05, 3.63) is 24.4 Å². The summed E-state index contributed by atoms with van der Waals surface area (Å²) < 4.78 is 24.6. The number of rotatable bonds is 11. The van der Waals surface area contributed by atoms with Gasteiger partial charge in [-0.1, -0.05) is 11.8 Å². The Morgan fingerprint density at radius 2 is 1.94 bits per heavy atom. The second kappa shape index (κ2) is 10.9. The van der Waals surface area contributed by atoms with Crippen LogP contribution in [0.5, 0.6) is 17.4 Å². The summed E-state index contributed by atoms with van der Waals surface area (Å²) in [6.45, 7) is 0.957. The molecule has 172 valence electrons. The van der Waals surface area contributed by atoms with Crippen LogP contribution < -0.4 is 19.5 Å². The van der Waals surface area contributed by atoms with E-state index in [1.54, 1.807) is 58.4 Å². The molecular formula is C20H26N6O5S. The number of hydrogen-bond acceptors (Lipinski definition) is 9. The molecule has 0 fully saturated rings. The molecule has 12 heteroatoms. The lowest BCUT2D eigenvalue weighted by molar-refractivity contribution is -0.113. The standard InChI is InChI=1S/C20H26N6O5S/c1-25-11-14(19(24-25)31-5)18-22-23-20(26(18)8-9-28-2)32-12-17(27)21-15-10-13(29-3)6-7-16(15)30-4/h6-7,10-11H,8-9,12H2,1-5H3,(H,21,27). The first-order chi connectivity index (χ1) is 15.5. The number of carbonyl (C=O) groups excluding carboxylic acids is 1. The molecule has 1 N–H and O–H groups in total. The van der Waals surface area contributed by atoms with Crippen LogP contribution in [0.25, 0.3) is 11.4 Å². The lowest BCUT2D eigenvalue weighted by atomic mass is 10.2. The van der Waals surface area contributed by atoms with Gasteiger partial charge in [0.15, 0.2) is 11.0 Å². The smallest absolute Gasteiger partial charge is 0.243 e. The Morgan fingerprint density at radius 3 is 2.62 bits per heavy atom. The van der Waals surface area contributed by atoms with E-state index in [9.17, 15) is 4.79 Å². The van der Waals surface area contributed by atoms with E-state index in [1.807, 2.05) is 10.8 Å². The number of thioether (sulfide) groups is 1. The molecule has 3 aromatic rings. The first-order valence-electron chi connectivity index (χ1n) is 9.65. The molecule has 0 atom stereocenters. The highest BCUT2D eigenvalue weighted by Gasteiger charge is 2.21. The molecule has 1 amide bonds. The van der Waals surface area contributed by atoms with Gasteiger partial charge in [-0.15, -0.1) is 15.3 Å². The van der Waals surface area contributed by atoms with Gasteiger partial charge in [-0.2, -0.15) is 0 Å². The Balaban J connectivity index is 1.77. The van der Waals surface area contributed by atoms with Crippen LogP contribution in [0.15, 0.2) is 29.6 Å². The number of carbonyl (C=O) groups is 1. The van der Waals surface area contributed by atoms with Gasteiger partial charge in [0.2, 0.25) is 11.8 Å². The van der Waals surface area contributed by atoms with Crippen LogP contribution in [0.3, 0.4) is 0 Å². The number of amides is 1. The monoisotopic (exact) mass is 462 g/mol. The number of anilines is 1. The maximum absolute atomic E-state index is 12.6. The molecule has 2 heterocycles. The molecule has 2 aromatic heterocycles. The summed E-state index contributed by atoms with van der Waals surface area (Å²) in [6, 6.07) is 5.20. The molecule has 1 aromatic carbocycles. The number of methoxy groups -OCH3 is 4. The fourth-order valence-corrected chi connectivity index (χ4v) is 3.74. The van der Waals surface area contributed by atoms with E-state index >= 15 is 0 Å². The zero-order valence-corrected chi connectivity index (χ0v) is 19.4. The highest BCUT2D eigenvalue weighted by molar-refractivity contribution is 7.99. The number of hydrogen-bond donors (Lipinski definition) is 1. The summed E-state index contributed by atoms with van der Waals surface area (Å²) in [4.78, 5) is 12.6. The number of benzene rings is 1. The predicted octanol–water partition coefficient (Wildman–Crippen LogP) is 2.08. The molecule has 0 radical (unpaired) electrons. The van der Waals surface area contributed by atoms with Gasteiger partial charge in [-0.05, 0) is 12.1 Å². The largest absolute Gasteiger partial charge is 0.497 e. The van der Waals surface area contributed by atoms with E-state index in [-0.39, 0.29) is 11.7 Å². The summed E-state index contributed by atoms with van der Waals surface area (Å²) in [5.41, 5.74) is 1.23. The minimum atomic E-state index is -0.219. The van der Waals surface area contributed by atoms with Crippen molar-refractivity contribution in [2.75, 3.05) is 46.1 Å². The Bertz CT molecular complexity index is 1070. The second-order valence-corrected chi connectivity index (χ2v) is 7.52. The lowest BCUT2D eigenvalue weighted by Crippen LogP contribution is -2.16. The van der Waals surface area contributed by atoms with Gasteiger partial charge in [0.05, 0.1) is 45.9 Å². The molecular weight excluding hydrogens is 436 g/mol. The zero-order chi connectivity index (χ0) is 23.1. The third kappa shape index (κ3) is 5.32. The fourth-order valence-electron chi connectivity index (χ4n) is 2.98. The summed E-state index contributed by atoms with van der Waals surface area (Å²) in [6.07, 6.45) is 1.81. The molecule has 0 saturated carbocycles. The van der Waals surface area contributed by atoms with Crippen LogP contribution in [-0.2, 0) is 23.1 Å². The fraction of sp³-hybridized carbons (Fsp3) is 0.400. The van der Waals surface area contributed by atoms with Crippen molar-refractivity contribution in [3.63, 3.8) is 0 Å².